The molecular weight excluding hydrogens is 1140 g/mol. The molecule has 33 heteroatoms. The predicted octanol–water partition coefficient (Wildman–Crippen LogP) is -4.84. The standard InChI is InChI=1S/C15H20N2O7.C14H18N2O6.C14H16N2O6.C9H12N2O6/c18-7-14(8-19)11-10(22-15(23-11)4-1-2-5-15)12(24-14)17-6-3-9(20)16-13(17)21;2*17-7-8-10-11(22-14(21-10)4-1-2-5-14)12(20-8)16-6-3-9(18)15-13(16)19;12-3-4-6(14)7(15)8(17-4)11-2-1-5(13)10-9(11)16/h3,6,10-12,18-19H,1-2,4-5,7-8H2,(H,16,20,21);3,6,8,10-12,17H,1-2,4-5,7H2,(H,15,18,19);3,6-8,10-12H,1-2,4-5H2,(H,15,18,19);1-2,4,6-8,12,14-15H,3H2,(H,10,13,16)/t10-,11+,12-;2*8-,10-,11-,12-;4-,6-,7-,8-/m1111/s1. The van der Waals surface area contributed by atoms with Crippen molar-refractivity contribution in [3.05, 3.63) is 132 Å². The number of ether oxygens (including phenoxy) is 10. The molecule has 10 N–H and O–H groups in total. The van der Waals surface area contributed by atoms with Gasteiger partial charge in [0.1, 0.15) is 72.7 Å². The third kappa shape index (κ3) is 11.4. The first-order valence-corrected chi connectivity index (χ1v) is 28.0. The number of aromatic nitrogens is 8. The summed E-state index contributed by atoms with van der Waals surface area (Å²) in [4.78, 5) is 112. The molecule has 3 spiro atoms. The van der Waals surface area contributed by atoms with E-state index in [-0.39, 0.29) is 6.61 Å². The van der Waals surface area contributed by atoms with E-state index in [9.17, 15) is 68.7 Å². The molecule has 3 saturated carbocycles. The number of hydrogen-bond donors (Lipinski definition) is 10. The molecule has 10 aliphatic rings. The van der Waals surface area contributed by atoms with Gasteiger partial charge in [-0.2, -0.15) is 0 Å². The highest BCUT2D eigenvalue weighted by atomic mass is 16.8. The van der Waals surface area contributed by atoms with Crippen LogP contribution in [0.15, 0.2) is 87.4 Å². The minimum absolute atomic E-state index is 0.213. The Kier molecular flexibility index (Phi) is 17.2. The maximum atomic E-state index is 12.1. The van der Waals surface area contributed by atoms with Crippen molar-refractivity contribution < 1.29 is 82.8 Å². The van der Waals surface area contributed by atoms with Crippen molar-refractivity contribution in [2.24, 2.45) is 0 Å². The molecule has 10 fully saturated rings. The molecule has 0 radical (unpaired) electrons. The minimum Gasteiger partial charge on any atom is -0.394 e. The van der Waals surface area contributed by atoms with Crippen LogP contribution < -0.4 is 45.0 Å². The van der Waals surface area contributed by atoms with E-state index in [0.717, 1.165) is 93.9 Å². The second kappa shape index (κ2) is 24.1. The fourth-order valence-electron chi connectivity index (χ4n) is 12.9. The van der Waals surface area contributed by atoms with E-state index in [1.165, 1.54) is 50.5 Å². The summed E-state index contributed by atoms with van der Waals surface area (Å²) in [5.41, 5.74) is -5.97. The number of H-pyrrole nitrogens is 4. The number of aldehydes is 1. The second-order valence-electron chi connectivity index (χ2n) is 22.4. The molecule has 0 amide bonds. The minimum atomic E-state index is -1.36. The van der Waals surface area contributed by atoms with Crippen LogP contribution in [0.2, 0.25) is 0 Å². The van der Waals surface area contributed by atoms with Crippen LogP contribution in [0.1, 0.15) is 102 Å². The number of nitrogens with one attached hydrogen (secondary N) is 4. The van der Waals surface area contributed by atoms with E-state index >= 15 is 0 Å². The molecule has 4 aromatic rings. The average Bonchev–Trinajstić information content (AvgIpc) is 1.65. The highest BCUT2D eigenvalue weighted by Crippen LogP contribution is 2.53. The van der Waals surface area contributed by atoms with Crippen LogP contribution in [0.25, 0.3) is 0 Å². The lowest BCUT2D eigenvalue weighted by molar-refractivity contribution is -0.245. The number of carbonyl (C=O) groups excluding carboxylic acids is 1. The number of fused-ring (bicyclic) bond motifs is 3. The summed E-state index contributed by atoms with van der Waals surface area (Å²) >= 11 is 0. The largest absolute Gasteiger partial charge is 0.394 e. The zero-order valence-electron chi connectivity index (χ0n) is 45.4. The summed E-state index contributed by atoms with van der Waals surface area (Å²) in [6, 6.07) is 4.79. The summed E-state index contributed by atoms with van der Waals surface area (Å²) < 4.78 is 63.4. The number of aliphatic hydroxyl groups is 6. The van der Waals surface area contributed by atoms with Gasteiger partial charge in [0, 0.05) is 87.6 Å². The molecule has 0 bridgehead atoms. The fourth-order valence-corrected chi connectivity index (χ4v) is 12.9. The quantitative estimate of drug-likeness (QED) is 0.0703. The Morgan fingerprint density at radius 2 is 0.800 bits per heavy atom. The van der Waals surface area contributed by atoms with Gasteiger partial charge in [-0.3, -0.25) is 57.4 Å². The SMILES string of the molecule is O=C[C@H]1O[C@@H](n2ccc(=O)[nH]c2=O)[C@@H]2OC3(CCCC3)O[C@@H]21.O=c1ccn([C@@H]2OC(CO)(CO)[C@H]3OC4(CCCC4)O[C@@H]23)c(=O)[nH]1.O=c1ccn([C@@H]2O[C@H](CO)[C@@H](O)[C@H]2O)c(=O)[nH]1.O=c1ccn([C@@H]2O[C@H](CO)[C@H]3OC4(CCCC4)O[C@H]32)c(=O)[nH]1. The van der Waals surface area contributed by atoms with E-state index in [1.54, 1.807) is 0 Å². The lowest BCUT2D eigenvalue weighted by Gasteiger charge is -2.32. The van der Waals surface area contributed by atoms with E-state index in [1.807, 2.05) is 4.98 Å². The molecule has 7 saturated heterocycles. The third-order valence-electron chi connectivity index (χ3n) is 17.0. The van der Waals surface area contributed by atoms with E-state index in [0.29, 0.717) is 6.29 Å². The lowest BCUT2D eigenvalue weighted by atomic mass is 9.97. The number of carbonyl (C=O) groups is 1. The highest BCUT2D eigenvalue weighted by molar-refractivity contribution is 5.58. The molecule has 14 rings (SSSR count). The van der Waals surface area contributed by atoms with E-state index in [4.69, 9.17) is 52.5 Å². The Morgan fingerprint density at radius 3 is 1.21 bits per heavy atom. The van der Waals surface area contributed by atoms with E-state index in [2.05, 4.69) is 15.0 Å². The zero-order chi connectivity index (χ0) is 60.2. The molecule has 11 heterocycles. The second-order valence-corrected chi connectivity index (χ2v) is 22.4. The van der Waals surface area contributed by atoms with Crippen molar-refractivity contribution in [2.45, 2.75) is 192 Å². The van der Waals surface area contributed by atoms with Gasteiger partial charge in [-0.1, -0.05) is 0 Å². The van der Waals surface area contributed by atoms with Crippen molar-refractivity contribution in [1.29, 1.82) is 0 Å². The van der Waals surface area contributed by atoms with Crippen LogP contribution >= 0.6 is 0 Å². The van der Waals surface area contributed by atoms with Gasteiger partial charge in [0.05, 0.1) is 26.4 Å². The summed E-state index contributed by atoms with van der Waals surface area (Å²) in [5, 5.41) is 57.2. The van der Waals surface area contributed by atoms with Gasteiger partial charge in [-0.25, -0.2) is 19.2 Å². The molecule has 3 aliphatic carbocycles. The first kappa shape index (κ1) is 60.4. The van der Waals surface area contributed by atoms with Crippen LogP contribution in [0.5, 0.6) is 0 Å². The van der Waals surface area contributed by atoms with Crippen molar-refractivity contribution in [2.75, 3.05) is 26.4 Å². The van der Waals surface area contributed by atoms with Crippen molar-refractivity contribution in [1.82, 2.24) is 38.2 Å². The maximum Gasteiger partial charge on any atom is 0.330 e. The molecule has 85 heavy (non-hydrogen) atoms. The van der Waals surface area contributed by atoms with Gasteiger partial charge in [-0.15, -0.1) is 0 Å². The normalized spacial score (nSPS) is 34.5. The third-order valence-corrected chi connectivity index (χ3v) is 17.0. The van der Waals surface area contributed by atoms with Crippen LogP contribution in [0.4, 0.5) is 0 Å². The number of hydrogen-bond acceptors (Lipinski definition) is 25. The Hall–Kier alpha value is -6.25. The van der Waals surface area contributed by atoms with Gasteiger partial charge < -0.3 is 82.8 Å². The van der Waals surface area contributed by atoms with Crippen LogP contribution in [-0.4, -0.2) is 192 Å². The van der Waals surface area contributed by atoms with Gasteiger partial charge >= 0.3 is 22.8 Å². The van der Waals surface area contributed by atoms with Crippen LogP contribution in [0.3, 0.4) is 0 Å². The Bertz CT molecular complexity index is 3530. The first-order valence-electron chi connectivity index (χ1n) is 28.0. The molecular formula is C52H66N8O25. The zero-order valence-corrected chi connectivity index (χ0v) is 45.4. The summed E-state index contributed by atoms with van der Waals surface area (Å²) in [7, 11) is 0. The lowest BCUT2D eigenvalue weighted by Crippen LogP contribution is -2.49. The molecule has 7 aliphatic heterocycles. The van der Waals surface area contributed by atoms with Gasteiger partial charge in [-0.05, 0) is 38.5 Å². The number of aromatic amines is 4. The summed E-state index contributed by atoms with van der Waals surface area (Å²) in [6.45, 7) is -1.64. The molecule has 0 unspecified atom stereocenters. The predicted molar refractivity (Wildman–Crippen MR) is 279 cm³/mol. The van der Waals surface area contributed by atoms with Gasteiger partial charge in [0.25, 0.3) is 22.2 Å². The number of nitrogens with zero attached hydrogens (tertiary/aromatic N) is 4. The van der Waals surface area contributed by atoms with Crippen molar-refractivity contribution in [3.8, 4) is 0 Å². The van der Waals surface area contributed by atoms with E-state index < -0.39 is 180 Å². The molecule has 15 atom stereocenters. The number of aliphatic hydroxyl groups excluding tert-OH is 6. The Balaban J connectivity index is 0.000000119. The Labute approximate surface area is 477 Å². The van der Waals surface area contributed by atoms with Gasteiger partial charge in [0.15, 0.2) is 48.6 Å². The summed E-state index contributed by atoms with van der Waals surface area (Å²) in [5.74, 6) is -2.03. The average molecular weight is 1200 g/mol. The summed E-state index contributed by atoms with van der Waals surface area (Å²) in [6.07, 6.45) is 4.72. The molecule has 0 aromatic carbocycles. The maximum absolute atomic E-state index is 12.1. The Morgan fingerprint density at radius 1 is 0.435 bits per heavy atom. The van der Waals surface area contributed by atoms with Crippen molar-refractivity contribution in [3.63, 3.8) is 0 Å². The van der Waals surface area contributed by atoms with Crippen LogP contribution in [0, 0.1) is 0 Å². The number of rotatable bonds is 9. The molecule has 464 valence electrons. The van der Waals surface area contributed by atoms with Gasteiger partial charge in [0.2, 0.25) is 0 Å². The van der Waals surface area contributed by atoms with Crippen LogP contribution in [-0.2, 0) is 52.2 Å². The highest BCUT2D eigenvalue weighted by Gasteiger charge is 2.66. The monoisotopic (exact) mass is 1200 g/mol. The van der Waals surface area contributed by atoms with Crippen molar-refractivity contribution >= 4 is 6.29 Å². The molecule has 4 aromatic heterocycles. The molecule has 33 nitrogen and oxygen atoms in total. The first-order chi connectivity index (χ1) is 40.8. The fraction of sp³-hybridized carbons (Fsp3) is 0.673. The topological polar surface area (TPSA) is 450 Å². The smallest absolute Gasteiger partial charge is 0.330 e.